The third kappa shape index (κ3) is 13.1. The van der Waals surface area contributed by atoms with Crippen LogP contribution in [0.3, 0.4) is 0 Å². The number of aliphatic hydroxyl groups excluding tert-OH is 1. The summed E-state index contributed by atoms with van der Waals surface area (Å²) in [7, 11) is 0. The molecule has 9 heteroatoms. The van der Waals surface area contributed by atoms with Crippen molar-refractivity contribution < 1.29 is 66.1 Å². The molecule has 0 aliphatic carbocycles. The number of nitrogens with two attached hydrogens (primary N) is 1. The summed E-state index contributed by atoms with van der Waals surface area (Å²) in [6, 6.07) is 8.15. The van der Waals surface area contributed by atoms with Crippen LogP contribution in [0.1, 0.15) is 58.7 Å². The van der Waals surface area contributed by atoms with Crippen LogP contribution in [0.25, 0.3) is 16.6 Å². The zero-order chi connectivity index (χ0) is 23.4. The molecule has 4 N–H and O–H groups in total. The fraction of sp³-hybridized carbons (Fsp3) is 0.542. The van der Waals surface area contributed by atoms with Crippen molar-refractivity contribution in [3.63, 3.8) is 0 Å². The Balaban J connectivity index is 0. The molecule has 1 aromatic carbocycles. The minimum atomic E-state index is -0.302. The number of thiazole rings is 1. The van der Waals surface area contributed by atoms with Crippen molar-refractivity contribution >= 4 is 23.7 Å². The van der Waals surface area contributed by atoms with Crippen LogP contribution >= 0.6 is 11.3 Å². The van der Waals surface area contributed by atoms with Gasteiger partial charge < -0.3 is 21.5 Å². The van der Waals surface area contributed by atoms with Crippen LogP contribution in [0.15, 0.2) is 29.8 Å². The number of hydrogen-bond acceptors (Lipinski definition) is 5. The van der Waals surface area contributed by atoms with Gasteiger partial charge in [0.2, 0.25) is 12.3 Å². The number of aromatic nitrogens is 1. The molecule has 1 unspecified atom stereocenters. The van der Waals surface area contributed by atoms with Crippen LogP contribution < -0.4 is 56.7 Å². The molecule has 1 fully saturated rings. The van der Waals surface area contributed by atoms with Crippen molar-refractivity contribution in [3.8, 4) is 10.4 Å². The third-order valence-electron chi connectivity index (χ3n) is 4.55. The maximum atomic E-state index is 11.6. The van der Waals surface area contributed by atoms with E-state index in [2.05, 4.69) is 43.2 Å². The minimum absolute atomic E-state index is 0. The number of amides is 2. The van der Waals surface area contributed by atoms with E-state index in [4.69, 9.17) is 0 Å². The van der Waals surface area contributed by atoms with Crippen LogP contribution in [0, 0.1) is 12.3 Å². The second-order valence-electron chi connectivity index (χ2n) is 8.48. The largest absolute Gasteiger partial charge is 1.00 e. The number of rotatable bonds is 5. The number of benzene rings is 1. The number of carbonyl (C=O) groups excluding carboxylic acids is 2. The number of β-amino-alcohol motifs (C(OH)–C–C–N with tert-alkyl or cyclic N) is 1. The summed E-state index contributed by atoms with van der Waals surface area (Å²) in [6.45, 7) is 14.0. The number of likely N-dealkylation sites (tertiary alicyclic amines) is 1. The zero-order valence-electron chi connectivity index (χ0n) is 21.2. The molecule has 180 valence electrons. The molecule has 7 nitrogen and oxygen atoms in total. The van der Waals surface area contributed by atoms with Crippen molar-refractivity contribution in [1.82, 2.24) is 15.2 Å². The molecule has 2 amide bonds. The van der Waals surface area contributed by atoms with Crippen LogP contribution in [-0.4, -0.2) is 46.5 Å². The first-order valence-corrected chi connectivity index (χ1v) is 11.7. The Bertz CT molecular complexity index is 807. The summed E-state index contributed by atoms with van der Waals surface area (Å²) >= 11 is 1.64. The maximum absolute atomic E-state index is 11.6. The van der Waals surface area contributed by atoms with Crippen molar-refractivity contribution in [2.24, 2.45) is 5.41 Å². The van der Waals surface area contributed by atoms with Gasteiger partial charge in [-0.2, -0.15) is 0 Å². The van der Waals surface area contributed by atoms with Gasteiger partial charge >= 0.3 is 51.4 Å². The van der Waals surface area contributed by atoms with E-state index in [9.17, 15) is 14.7 Å². The summed E-state index contributed by atoms with van der Waals surface area (Å²) in [5.74, 6) is 0.170. The monoisotopic (exact) mass is 502 g/mol. The standard InChI is InChI=1S/C12H12N2OS.C10H19NO2.C2H6.K.H2N/c1-9-12(16-8-14-9)11-4-2-10(3-5-11)6-13-7-15;1-10(2,3)6-9(13)11-5-4-8(12)7-11;1-2;;/h2-5,7-8H,6H2,1H3,(H,13,15);8,12H,4-7H2,1-3H3;1-2H3;;1H2/q;;;+1;-1. The first kappa shape index (κ1) is 34.5. The summed E-state index contributed by atoms with van der Waals surface area (Å²) < 4.78 is 0. The van der Waals surface area contributed by atoms with E-state index in [-0.39, 0.29) is 75.0 Å². The smallest absolute Gasteiger partial charge is 0.693 e. The van der Waals surface area contributed by atoms with Crippen LogP contribution in [-0.2, 0) is 16.1 Å². The molecule has 0 saturated carbocycles. The fourth-order valence-electron chi connectivity index (χ4n) is 3.05. The first-order valence-electron chi connectivity index (χ1n) is 10.8. The van der Waals surface area contributed by atoms with Gasteiger partial charge in [-0.25, -0.2) is 4.98 Å². The van der Waals surface area contributed by atoms with Gasteiger partial charge in [0.1, 0.15) is 0 Å². The first-order chi connectivity index (χ1) is 14.7. The fourth-order valence-corrected chi connectivity index (χ4v) is 3.86. The molecular weight excluding hydrogens is 463 g/mol. The molecule has 1 atom stereocenters. The number of aliphatic hydroxyl groups is 1. The van der Waals surface area contributed by atoms with Gasteiger partial charge in [0.05, 0.1) is 22.2 Å². The summed E-state index contributed by atoms with van der Waals surface area (Å²) in [6.07, 6.45) is 1.71. The van der Waals surface area contributed by atoms with E-state index in [0.29, 0.717) is 25.9 Å². The summed E-state index contributed by atoms with van der Waals surface area (Å²) in [5.41, 5.74) is 5.23. The maximum Gasteiger partial charge on any atom is 1.00 e. The molecule has 1 saturated heterocycles. The Morgan fingerprint density at radius 1 is 1.27 bits per heavy atom. The molecule has 2 aromatic rings. The second kappa shape index (κ2) is 17.7. The Morgan fingerprint density at radius 2 is 1.88 bits per heavy atom. The molecule has 0 spiro atoms. The number of nitrogens with zero attached hydrogens (tertiary/aromatic N) is 2. The summed E-state index contributed by atoms with van der Waals surface area (Å²) in [4.78, 5) is 29.0. The number of nitrogens with one attached hydrogen (secondary N) is 1. The number of aryl methyl sites for hydroxylation is 1. The zero-order valence-corrected chi connectivity index (χ0v) is 25.2. The minimum Gasteiger partial charge on any atom is -0.693 e. The Labute approximate surface area is 245 Å². The van der Waals surface area contributed by atoms with Gasteiger partial charge in [0, 0.05) is 26.1 Å². The molecule has 0 radical (unpaired) electrons. The third-order valence-corrected chi connectivity index (χ3v) is 5.53. The van der Waals surface area contributed by atoms with Gasteiger partial charge in [-0.3, -0.25) is 9.59 Å². The Kier molecular flexibility index (Phi) is 18.5. The average Bonchev–Trinajstić information content (AvgIpc) is 3.36. The quantitative estimate of drug-likeness (QED) is 0.481. The van der Waals surface area contributed by atoms with E-state index in [1.165, 1.54) is 10.4 Å². The van der Waals surface area contributed by atoms with Gasteiger partial charge in [0.15, 0.2) is 0 Å². The topological polar surface area (TPSA) is 116 Å². The molecule has 1 aliphatic heterocycles. The molecule has 1 aromatic heterocycles. The second-order valence-corrected chi connectivity index (χ2v) is 9.34. The van der Waals surface area contributed by atoms with Crippen molar-refractivity contribution in [1.29, 1.82) is 0 Å². The molecule has 2 heterocycles. The molecule has 33 heavy (non-hydrogen) atoms. The van der Waals surface area contributed by atoms with Gasteiger partial charge in [-0.05, 0) is 29.9 Å². The van der Waals surface area contributed by atoms with E-state index in [0.717, 1.165) is 24.2 Å². The average molecular weight is 503 g/mol. The molecule has 1 aliphatic rings. The predicted octanol–water partition coefficient (Wildman–Crippen LogP) is 2.13. The van der Waals surface area contributed by atoms with E-state index >= 15 is 0 Å². The van der Waals surface area contributed by atoms with E-state index < -0.39 is 0 Å². The normalized spacial score (nSPS) is 14.4. The van der Waals surface area contributed by atoms with Crippen molar-refractivity contribution in [2.45, 2.75) is 67.0 Å². The number of hydrogen-bond donors (Lipinski definition) is 2. The van der Waals surface area contributed by atoms with Gasteiger partial charge in [-0.15, -0.1) is 11.3 Å². The van der Waals surface area contributed by atoms with Crippen LogP contribution in [0.5, 0.6) is 0 Å². The van der Waals surface area contributed by atoms with Crippen LogP contribution in [0.2, 0.25) is 0 Å². The van der Waals surface area contributed by atoms with Gasteiger partial charge in [0.25, 0.3) is 0 Å². The number of carbonyl (C=O) groups is 2. The van der Waals surface area contributed by atoms with E-state index in [1.54, 1.807) is 16.2 Å². The summed E-state index contributed by atoms with van der Waals surface area (Å²) in [5, 5.41) is 11.9. The molecule has 3 rings (SSSR count). The Morgan fingerprint density at radius 3 is 2.30 bits per heavy atom. The molecule has 0 bridgehead atoms. The molecular formula is C24H39KN4O3S. The Hall–Kier alpha value is -0.654. The van der Waals surface area contributed by atoms with Crippen LogP contribution in [0.4, 0.5) is 0 Å². The predicted molar refractivity (Wildman–Crippen MR) is 133 cm³/mol. The van der Waals surface area contributed by atoms with E-state index in [1.807, 2.05) is 38.4 Å². The van der Waals surface area contributed by atoms with Gasteiger partial charge in [-0.1, -0.05) is 58.9 Å². The SMILES string of the molecule is CC.CC(C)(C)CC(=O)N1CCC(O)C1.Cc1ncsc1-c1ccc(CNC=O)cc1.[K+].[NH2-]. The van der Waals surface area contributed by atoms with Crippen molar-refractivity contribution in [3.05, 3.63) is 47.2 Å². The van der Waals surface area contributed by atoms with Crippen molar-refractivity contribution in [2.75, 3.05) is 13.1 Å².